The number of amides is 2. The molecule has 2 aliphatic carbocycles. The minimum atomic E-state index is -1.41. The van der Waals surface area contributed by atoms with Gasteiger partial charge >= 0.3 is 5.97 Å². The summed E-state index contributed by atoms with van der Waals surface area (Å²) >= 11 is 0. The zero-order valence-corrected chi connectivity index (χ0v) is 24.2. The highest BCUT2D eigenvalue weighted by atomic mass is 16.6. The number of benzene rings is 3. The summed E-state index contributed by atoms with van der Waals surface area (Å²) in [6.45, 7) is 6.34. The number of ether oxygens (including phenoxy) is 1. The first kappa shape index (κ1) is 27.0. The van der Waals surface area contributed by atoms with Crippen LogP contribution in [0.5, 0.6) is 0 Å². The van der Waals surface area contributed by atoms with Gasteiger partial charge in [0.15, 0.2) is 0 Å². The Morgan fingerprint density at radius 1 is 0.905 bits per heavy atom. The first-order valence-corrected chi connectivity index (χ1v) is 15.0. The summed E-state index contributed by atoms with van der Waals surface area (Å²) in [5.74, 6) is -1.01. The Kier molecular flexibility index (Phi) is 6.02. The topological polar surface area (TPSA) is 86.9 Å². The Morgan fingerprint density at radius 2 is 1.43 bits per heavy atom. The fourth-order valence-corrected chi connectivity index (χ4v) is 8.78. The molecule has 216 valence electrons. The second-order valence-corrected chi connectivity index (χ2v) is 12.8. The van der Waals surface area contributed by atoms with Crippen LogP contribution in [0.25, 0.3) is 0 Å². The van der Waals surface area contributed by atoms with Crippen molar-refractivity contribution in [2.75, 3.05) is 0 Å². The van der Waals surface area contributed by atoms with Gasteiger partial charge in [-0.1, -0.05) is 93.6 Å². The van der Waals surface area contributed by atoms with Gasteiger partial charge in [0.05, 0.1) is 17.2 Å². The molecule has 7 nitrogen and oxygen atoms in total. The zero-order chi connectivity index (χ0) is 29.4. The van der Waals surface area contributed by atoms with E-state index in [1.54, 1.807) is 29.3 Å². The molecule has 6 atom stereocenters. The Balaban J connectivity index is 1.25. The summed E-state index contributed by atoms with van der Waals surface area (Å²) in [7, 11) is 0. The number of hydrogen-bond acceptors (Lipinski definition) is 6. The molecule has 7 rings (SSSR count). The van der Waals surface area contributed by atoms with Crippen LogP contribution in [0.1, 0.15) is 78.3 Å². The molecular weight excluding hydrogens is 528 g/mol. The summed E-state index contributed by atoms with van der Waals surface area (Å²) in [5.41, 5.74) is -0.293. The molecule has 0 radical (unpaired) electrons. The van der Waals surface area contributed by atoms with E-state index >= 15 is 0 Å². The summed E-state index contributed by atoms with van der Waals surface area (Å²) in [4.78, 5) is 40.5. The highest BCUT2D eigenvalue weighted by Crippen LogP contribution is 2.73. The van der Waals surface area contributed by atoms with Crippen molar-refractivity contribution in [1.29, 1.82) is 0 Å². The SMILES string of the molecule is CC[C@H]1[C@H](C(=O)O[C@@H]2C[C@H]3CC[C@]2(C(O)(c2ccccc2)c2ccccc2)C3(C)C)N1N1C(=O)c2ccccc2C1=O. The molecular formula is C35H36N2O5. The van der Waals surface area contributed by atoms with Crippen molar-refractivity contribution in [2.45, 2.75) is 70.2 Å². The minimum absolute atomic E-state index is 0.266. The number of fused-ring (bicyclic) bond motifs is 3. The van der Waals surface area contributed by atoms with Gasteiger partial charge in [0.25, 0.3) is 11.8 Å². The maximum Gasteiger partial charge on any atom is 0.327 e. The van der Waals surface area contributed by atoms with Crippen LogP contribution < -0.4 is 0 Å². The molecule has 0 aromatic heterocycles. The van der Waals surface area contributed by atoms with Crippen LogP contribution in [0, 0.1) is 16.7 Å². The van der Waals surface area contributed by atoms with Crippen molar-refractivity contribution < 1.29 is 24.2 Å². The van der Waals surface area contributed by atoms with Crippen molar-refractivity contribution in [1.82, 2.24) is 10.0 Å². The molecule has 3 aromatic carbocycles. The molecule has 1 saturated heterocycles. The molecule has 1 unspecified atom stereocenters. The van der Waals surface area contributed by atoms with Gasteiger partial charge < -0.3 is 9.84 Å². The Labute approximate surface area is 246 Å². The van der Waals surface area contributed by atoms with Gasteiger partial charge in [-0.25, -0.2) is 5.01 Å². The van der Waals surface area contributed by atoms with Crippen LogP contribution in [-0.2, 0) is 15.1 Å². The second kappa shape index (κ2) is 9.35. The van der Waals surface area contributed by atoms with Crippen LogP contribution in [0.4, 0.5) is 0 Å². The van der Waals surface area contributed by atoms with Crippen LogP contribution in [0.15, 0.2) is 84.9 Å². The molecule has 2 amide bonds. The van der Waals surface area contributed by atoms with Crippen LogP contribution in [-0.4, -0.2) is 51.1 Å². The summed E-state index contributed by atoms with van der Waals surface area (Å²) in [5, 5.41) is 15.8. The van der Waals surface area contributed by atoms with Gasteiger partial charge in [0.2, 0.25) is 0 Å². The molecule has 2 heterocycles. The second-order valence-electron chi connectivity index (χ2n) is 12.8. The number of carbonyl (C=O) groups excluding carboxylic acids is 3. The van der Waals surface area contributed by atoms with E-state index in [-0.39, 0.29) is 17.4 Å². The Morgan fingerprint density at radius 3 is 1.93 bits per heavy atom. The van der Waals surface area contributed by atoms with E-state index in [1.807, 2.05) is 67.6 Å². The number of esters is 1. The van der Waals surface area contributed by atoms with Crippen molar-refractivity contribution in [3.63, 3.8) is 0 Å². The quantitative estimate of drug-likeness (QED) is 0.237. The highest BCUT2D eigenvalue weighted by molar-refractivity contribution is 6.21. The van der Waals surface area contributed by atoms with Crippen LogP contribution in [0.2, 0.25) is 0 Å². The number of rotatable bonds is 7. The largest absolute Gasteiger partial charge is 0.460 e. The molecule has 0 spiro atoms. The molecule has 7 heteroatoms. The van der Waals surface area contributed by atoms with Gasteiger partial charge in [-0.15, -0.1) is 0 Å². The maximum absolute atomic E-state index is 14.0. The van der Waals surface area contributed by atoms with Crippen molar-refractivity contribution in [3.8, 4) is 0 Å². The molecule has 2 saturated carbocycles. The third-order valence-electron chi connectivity index (χ3n) is 11.0. The lowest BCUT2D eigenvalue weighted by atomic mass is 9.54. The van der Waals surface area contributed by atoms with Gasteiger partial charge in [-0.3, -0.25) is 14.4 Å². The first-order valence-electron chi connectivity index (χ1n) is 15.0. The van der Waals surface area contributed by atoms with Gasteiger partial charge in [-0.05, 0) is 60.3 Å². The van der Waals surface area contributed by atoms with E-state index in [1.165, 1.54) is 0 Å². The van der Waals surface area contributed by atoms with Crippen molar-refractivity contribution in [2.24, 2.45) is 16.7 Å². The lowest BCUT2D eigenvalue weighted by molar-refractivity contribution is -0.185. The fraction of sp³-hybridized carbons (Fsp3) is 0.400. The molecule has 3 fully saturated rings. The fourth-order valence-electron chi connectivity index (χ4n) is 8.78. The zero-order valence-electron chi connectivity index (χ0n) is 24.2. The number of aliphatic hydroxyl groups is 1. The average molecular weight is 565 g/mol. The lowest BCUT2D eigenvalue weighted by Gasteiger charge is -2.53. The summed E-state index contributed by atoms with van der Waals surface area (Å²) in [6, 6.07) is 25.1. The van der Waals surface area contributed by atoms with E-state index in [2.05, 4.69) is 13.8 Å². The molecule has 2 aliphatic heterocycles. The van der Waals surface area contributed by atoms with Gasteiger partial charge in [-0.2, -0.15) is 5.01 Å². The predicted octanol–water partition coefficient (Wildman–Crippen LogP) is 5.33. The van der Waals surface area contributed by atoms with Crippen molar-refractivity contribution in [3.05, 3.63) is 107 Å². The maximum atomic E-state index is 14.0. The van der Waals surface area contributed by atoms with Gasteiger partial charge in [0.1, 0.15) is 17.7 Å². The third-order valence-corrected chi connectivity index (χ3v) is 11.0. The number of carbonyl (C=O) groups is 3. The lowest BCUT2D eigenvalue weighted by Crippen LogP contribution is -2.57. The number of hydrazine groups is 1. The highest BCUT2D eigenvalue weighted by Gasteiger charge is 2.74. The third kappa shape index (κ3) is 3.38. The van der Waals surface area contributed by atoms with E-state index in [9.17, 15) is 19.5 Å². The minimum Gasteiger partial charge on any atom is -0.460 e. The standard InChI is InChI=1S/C35H36N2O5/c1-4-27-29(36(27)37-30(38)25-17-11-12-18-26(25)31(37)39)32(40)42-28-21-24-19-20-34(28,33(24,2)3)35(41,22-13-7-5-8-14-22)23-15-9-6-10-16-23/h5-18,24,27-29,41H,4,19-21H2,1-3H3/t24-,27+,28-,29-,34-,36?/m1/s1. The number of nitrogens with zero attached hydrogens (tertiary/aromatic N) is 2. The van der Waals surface area contributed by atoms with E-state index < -0.39 is 40.9 Å². The van der Waals surface area contributed by atoms with Crippen LogP contribution in [0.3, 0.4) is 0 Å². The molecule has 2 bridgehead atoms. The first-order chi connectivity index (χ1) is 20.2. The number of hydrogen-bond donors (Lipinski definition) is 1. The molecule has 1 N–H and O–H groups in total. The van der Waals surface area contributed by atoms with E-state index in [0.717, 1.165) is 22.6 Å². The monoisotopic (exact) mass is 564 g/mol. The van der Waals surface area contributed by atoms with Crippen molar-refractivity contribution >= 4 is 17.8 Å². The Bertz CT molecular complexity index is 1500. The van der Waals surface area contributed by atoms with Gasteiger partial charge in [0, 0.05) is 5.41 Å². The molecule has 42 heavy (non-hydrogen) atoms. The average Bonchev–Trinajstić information content (AvgIpc) is 3.53. The smallest absolute Gasteiger partial charge is 0.327 e. The van der Waals surface area contributed by atoms with Crippen LogP contribution >= 0.6 is 0 Å². The number of imide groups is 1. The van der Waals surface area contributed by atoms with E-state index in [4.69, 9.17) is 4.74 Å². The summed E-state index contributed by atoms with van der Waals surface area (Å²) < 4.78 is 6.48. The molecule has 4 aliphatic rings. The normalized spacial score (nSPS) is 30.9. The summed E-state index contributed by atoms with van der Waals surface area (Å²) in [6.07, 6.45) is 2.32. The molecule has 3 aromatic rings. The Hall–Kier alpha value is -3.81. The predicted molar refractivity (Wildman–Crippen MR) is 156 cm³/mol. The van der Waals surface area contributed by atoms with E-state index in [0.29, 0.717) is 30.4 Å².